The minimum Gasteiger partial charge on any atom is -0.493 e. The van der Waals surface area contributed by atoms with E-state index < -0.39 is 17.5 Å². The Labute approximate surface area is 196 Å². The molecule has 2 aliphatic rings. The minimum absolute atomic E-state index is 0.00403. The van der Waals surface area contributed by atoms with E-state index in [-0.39, 0.29) is 22.3 Å². The zero-order chi connectivity index (χ0) is 24.3. The average molecular weight is 470 g/mol. The van der Waals surface area contributed by atoms with E-state index in [0.29, 0.717) is 16.8 Å². The molecular weight excluding hydrogens is 440 g/mol. The van der Waals surface area contributed by atoms with Gasteiger partial charge in [0.15, 0.2) is 17.0 Å². The molecule has 1 amide bonds. The van der Waals surface area contributed by atoms with Gasteiger partial charge in [0.2, 0.25) is 5.82 Å². The first-order valence-electron chi connectivity index (χ1n) is 11.6. The van der Waals surface area contributed by atoms with Crippen molar-refractivity contribution in [3.63, 3.8) is 0 Å². The van der Waals surface area contributed by atoms with Gasteiger partial charge in [0.05, 0.1) is 18.0 Å². The maximum atomic E-state index is 13.9. The van der Waals surface area contributed by atoms with Crippen molar-refractivity contribution in [2.24, 2.45) is 11.1 Å². The topological polar surface area (TPSA) is 98.1 Å². The molecule has 34 heavy (non-hydrogen) atoms. The third kappa shape index (κ3) is 4.67. The normalized spacial score (nSPS) is 19.0. The van der Waals surface area contributed by atoms with Crippen molar-refractivity contribution in [2.45, 2.75) is 57.3 Å². The Morgan fingerprint density at radius 2 is 1.88 bits per heavy atom. The molecule has 0 saturated heterocycles. The molecule has 1 aromatic carbocycles. The molecule has 0 radical (unpaired) electrons. The lowest BCUT2D eigenvalue weighted by atomic mass is 9.67. The molecule has 3 aromatic rings. The number of nitrogens with zero attached hydrogens (tertiary/aromatic N) is 1. The van der Waals surface area contributed by atoms with Crippen LogP contribution < -0.4 is 15.9 Å². The Kier molecular flexibility index (Phi) is 6.95. The van der Waals surface area contributed by atoms with Crippen molar-refractivity contribution in [2.75, 3.05) is 7.11 Å². The highest BCUT2D eigenvalue weighted by Crippen LogP contribution is 2.54. The zero-order valence-electron chi connectivity index (χ0n) is 19.2. The number of nitrogens with two attached hydrogens (primary N) is 1. The molecule has 1 atom stereocenters. The van der Waals surface area contributed by atoms with E-state index in [1.807, 2.05) is 0 Å². The van der Waals surface area contributed by atoms with E-state index in [1.54, 1.807) is 12.1 Å². The van der Waals surface area contributed by atoms with Crippen LogP contribution in [0.4, 0.5) is 8.78 Å². The summed E-state index contributed by atoms with van der Waals surface area (Å²) in [6.07, 6.45) is 12.8. The number of aromatic nitrogens is 2. The summed E-state index contributed by atoms with van der Waals surface area (Å²) in [5, 5.41) is 0.238. The first-order chi connectivity index (χ1) is 16.3. The van der Waals surface area contributed by atoms with Crippen LogP contribution in [0.2, 0.25) is 0 Å². The number of ether oxygens (including phenoxy) is 1. The van der Waals surface area contributed by atoms with Gasteiger partial charge >= 0.3 is 0 Å². The van der Waals surface area contributed by atoms with Crippen LogP contribution >= 0.6 is 0 Å². The van der Waals surface area contributed by atoms with Crippen molar-refractivity contribution >= 4 is 16.8 Å². The maximum absolute atomic E-state index is 13.9. The molecule has 2 saturated carbocycles. The molecule has 3 N–H and O–H groups in total. The summed E-state index contributed by atoms with van der Waals surface area (Å²) < 4.78 is 32.4. The number of aromatic amines is 1. The molecule has 2 aromatic heterocycles. The Hall–Kier alpha value is -3.29. The van der Waals surface area contributed by atoms with Crippen LogP contribution in [0.15, 0.2) is 41.5 Å². The van der Waals surface area contributed by atoms with Gasteiger partial charge in [-0.2, -0.15) is 4.39 Å². The number of benzene rings is 1. The van der Waals surface area contributed by atoms with Gasteiger partial charge in [0.25, 0.3) is 5.91 Å². The molecule has 0 bridgehead atoms. The van der Waals surface area contributed by atoms with Crippen LogP contribution in [0.1, 0.15) is 73.3 Å². The Bertz CT molecular complexity index is 1250. The van der Waals surface area contributed by atoms with Gasteiger partial charge in [-0.3, -0.25) is 14.6 Å². The fraction of sp³-hybridized carbons (Fsp3) is 0.423. The van der Waals surface area contributed by atoms with Gasteiger partial charge < -0.3 is 15.5 Å². The summed E-state index contributed by atoms with van der Waals surface area (Å²) >= 11 is 0. The van der Waals surface area contributed by atoms with Crippen LogP contribution in [0.5, 0.6) is 5.75 Å². The van der Waals surface area contributed by atoms with Crippen LogP contribution in [-0.4, -0.2) is 23.0 Å². The molecule has 8 heteroatoms. The summed E-state index contributed by atoms with van der Waals surface area (Å²) in [6, 6.07) is 5.90. The maximum Gasteiger partial charge on any atom is 0.268 e. The van der Waals surface area contributed by atoms with Gasteiger partial charge in [-0.15, -0.1) is 0 Å². The first kappa shape index (κ1) is 23.9. The number of rotatable bonds is 3. The number of halogens is 2. The standard InChI is InChI=1S/C17H22F2O.C9H7N3O2/c1-20-16-13(6-7-14(18)15(16)19)12-5-4-10-17(11-12)8-2-3-9-17;10-9(14)8-7-5(1-3-12-8)11-4-2-6(7)13/h6-7,12H,2-5,8-11H2,1H3;1-4H,(H2,10,14)(H,11,13). The molecule has 2 fully saturated rings. The number of methoxy groups -OCH3 is 1. The van der Waals surface area contributed by atoms with E-state index in [9.17, 15) is 18.4 Å². The lowest BCUT2D eigenvalue weighted by Gasteiger charge is -2.38. The quantitative estimate of drug-likeness (QED) is 0.550. The Morgan fingerprint density at radius 1 is 1.15 bits per heavy atom. The molecule has 1 unspecified atom stereocenters. The van der Waals surface area contributed by atoms with Gasteiger partial charge in [-0.05, 0) is 55.6 Å². The average Bonchev–Trinajstić information content (AvgIpc) is 3.28. The highest BCUT2D eigenvalue weighted by atomic mass is 19.2. The molecule has 6 nitrogen and oxygen atoms in total. The van der Waals surface area contributed by atoms with E-state index in [0.717, 1.165) is 18.4 Å². The monoisotopic (exact) mass is 469 g/mol. The van der Waals surface area contributed by atoms with Gasteiger partial charge in [-0.1, -0.05) is 25.3 Å². The second-order valence-electron chi connectivity index (χ2n) is 9.27. The van der Waals surface area contributed by atoms with Crippen molar-refractivity contribution in [1.29, 1.82) is 0 Å². The summed E-state index contributed by atoms with van der Waals surface area (Å²) in [7, 11) is 1.43. The molecule has 5 rings (SSSR count). The number of pyridine rings is 2. The van der Waals surface area contributed by atoms with E-state index in [4.69, 9.17) is 10.5 Å². The summed E-state index contributed by atoms with van der Waals surface area (Å²) in [6.45, 7) is 0. The lowest BCUT2D eigenvalue weighted by molar-refractivity contribution is 0.0997. The minimum atomic E-state index is -0.837. The van der Waals surface area contributed by atoms with Crippen molar-refractivity contribution < 1.29 is 18.3 Å². The van der Waals surface area contributed by atoms with Crippen LogP contribution in [0.3, 0.4) is 0 Å². The van der Waals surface area contributed by atoms with Crippen LogP contribution in [-0.2, 0) is 0 Å². The second-order valence-corrected chi connectivity index (χ2v) is 9.27. The third-order valence-corrected chi connectivity index (χ3v) is 7.23. The van der Waals surface area contributed by atoms with Crippen molar-refractivity contribution in [1.82, 2.24) is 9.97 Å². The fourth-order valence-corrected chi connectivity index (χ4v) is 5.68. The predicted octanol–water partition coefficient (Wildman–Crippen LogP) is 5.21. The van der Waals surface area contributed by atoms with Crippen LogP contribution in [0.25, 0.3) is 10.9 Å². The third-order valence-electron chi connectivity index (χ3n) is 7.23. The number of H-pyrrole nitrogens is 1. The van der Waals surface area contributed by atoms with E-state index in [1.165, 1.54) is 70.2 Å². The molecular formula is C26H29F2N3O3. The van der Waals surface area contributed by atoms with Gasteiger partial charge in [0, 0.05) is 24.0 Å². The number of carbonyl (C=O) groups is 1. The van der Waals surface area contributed by atoms with E-state index in [2.05, 4.69) is 9.97 Å². The van der Waals surface area contributed by atoms with Crippen molar-refractivity contribution in [3.8, 4) is 5.75 Å². The lowest BCUT2D eigenvalue weighted by Crippen LogP contribution is -2.25. The predicted molar refractivity (Wildman–Crippen MR) is 126 cm³/mol. The number of hydrogen-bond donors (Lipinski definition) is 2. The molecule has 180 valence electrons. The van der Waals surface area contributed by atoms with Crippen molar-refractivity contribution in [3.05, 3.63) is 69.8 Å². The molecule has 2 heterocycles. The molecule has 2 aliphatic carbocycles. The Morgan fingerprint density at radius 3 is 2.59 bits per heavy atom. The van der Waals surface area contributed by atoms with Gasteiger partial charge in [0.1, 0.15) is 5.69 Å². The number of fused-ring (bicyclic) bond motifs is 1. The summed E-state index contributed by atoms with van der Waals surface area (Å²) in [4.78, 5) is 29.0. The number of carbonyl (C=O) groups excluding carboxylic acids is 1. The van der Waals surface area contributed by atoms with E-state index >= 15 is 0 Å². The van der Waals surface area contributed by atoms with Crippen LogP contribution in [0, 0.1) is 17.0 Å². The zero-order valence-corrected chi connectivity index (χ0v) is 19.2. The summed E-state index contributed by atoms with van der Waals surface area (Å²) in [5.41, 5.74) is 6.71. The fourth-order valence-electron chi connectivity index (χ4n) is 5.68. The number of nitrogens with one attached hydrogen (secondary N) is 1. The summed E-state index contributed by atoms with van der Waals surface area (Å²) in [5.74, 6) is -1.93. The SMILES string of the molecule is COc1c(C2CCCC3(CCCC3)C2)ccc(F)c1F.NC(=O)c1nccc2[nH]ccc(=O)c12. The highest BCUT2D eigenvalue weighted by molar-refractivity contribution is 6.03. The molecule has 0 aliphatic heterocycles. The second kappa shape index (κ2) is 9.91. The number of amides is 1. The smallest absolute Gasteiger partial charge is 0.268 e. The molecule has 1 spiro atoms. The number of hydrogen-bond acceptors (Lipinski definition) is 4. The Balaban J connectivity index is 0.000000172. The first-order valence-corrected chi connectivity index (χ1v) is 11.6. The highest BCUT2D eigenvalue weighted by Gasteiger charge is 2.39. The van der Waals surface area contributed by atoms with Gasteiger partial charge in [-0.25, -0.2) is 4.39 Å². The number of primary amides is 1. The largest absolute Gasteiger partial charge is 0.493 e.